The van der Waals surface area contributed by atoms with Crippen LogP contribution >= 0.6 is 11.6 Å². The third-order valence-corrected chi connectivity index (χ3v) is 5.43. The van der Waals surface area contributed by atoms with Crippen molar-refractivity contribution >= 4 is 23.4 Å². The first-order chi connectivity index (χ1) is 13.0. The molecular weight excluding hydrogens is 380 g/mol. The van der Waals surface area contributed by atoms with E-state index in [0.717, 1.165) is 0 Å². The molecule has 1 saturated carbocycles. The third kappa shape index (κ3) is 8.29. The highest BCUT2D eigenvalue weighted by molar-refractivity contribution is 6.29. The minimum Gasteiger partial charge on any atom is -0.481 e. The molecule has 0 aromatic rings. The predicted molar refractivity (Wildman–Crippen MR) is 111 cm³/mol. The van der Waals surface area contributed by atoms with Gasteiger partial charge in [0.1, 0.15) is 5.78 Å². The van der Waals surface area contributed by atoms with Crippen LogP contribution < -0.4 is 0 Å². The number of ketones is 1. The summed E-state index contributed by atoms with van der Waals surface area (Å²) in [7, 11) is 0. The van der Waals surface area contributed by atoms with Gasteiger partial charge in [-0.05, 0) is 38.0 Å². The average molecular weight is 413 g/mol. The molecule has 158 valence electrons. The first-order valence-corrected chi connectivity index (χ1v) is 10.2. The maximum atomic E-state index is 12.2. The topological polar surface area (TPSA) is 94.8 Å². The van der Waals surface area contributed by atoms with Crippen LogP contribution in [0, 0.1) is 17.3 Å². The minimum absolute atomic E-state index is 0.0202. The number of hydrogen-bond acceptors (Lipinski definition) is 4. The van der Waals surface area contributed by atoms with Crippen LogP contribution in [0.2, 0.25) is 0 Å². The summed E-state index contributed by atoms with van der Waals surface area (Å²) in [4.78, 5) is 22.7. The molecule has 1 aliphatic rings. The maximum Gasteiger partial charge on any atom is 0.303 e. The van der Waals surface area contributed by atoms with Gasteiger partial charge < -0.3 is 15.3 Å². The lowest BCUT2D eigenvalue weighted by molar-refractivity contribution is -0.137. The third-order valence-electron chi connectivity index (χ3n) is 5.28. The summed E-state index contributed by atoms with van der Waals surface area (Å²) in [5.74, 6) is -1.44. The van der Waals surface area contributed by atoms with Crippen molar-refractivity contribution in [1.29, 1.82) is 0 Å². The van der Waals surface area contributed by atoms with E-state index >= 15 is 0 Å². The molecule has 1 aliphatic carbocycles. The van der Waals surface area contributed by atoms with Crippen LogP contribution in [-0.2, 0) is 9.59 Å². The van der Waals surface area contributed by atoms with E-state index in [2.05, 4.69) is 0 Å². The molecule has 28 heavy (non-hydrogen) atoms. The standard InChI is InChI=1S/C22H33ClO5/c1-15(23)12-13-22(2,3)20(26)11-10-17-16(18(24)14-19(17)25)8-6-4-5-7-9-21(27)28/h4,6,10-12,16-17,19-20,25-26H,5,7-9,13-14H2,1-3H3,(H,27,28)/b6-4-,11-10+,15-12-/t16-,17-,19-,20+/m1/s1. The lowest BCUT2D eigenvalue weighted by atomic mass is 9.81. The van der Waals surface area contributed by atoms with Gasteiger partial charge in [0.15, 0.2) is 0 Å². The Morgan fingerprint density at radius 3 is 2.64 bits per heavy atom. The summed E-state index contributed by atoms with van der Waals surface area (Å²) in [6.45, 7) is 5.66. The first kappa shape index (κ1) is 24.6. The van der Waals surface area contributed by atoms with Crippen molar-refractivity contribution in [3.8, 4) is 0 Å². The van der Waals surface area contributed by atoms with E-state index in [-0.39, 0.29) is 30.5 Å². The fraction of sp³-hybridized carbons (Fsp3) is 0.636. The van der Waals surface area contributed by atoms with E-state index in [4.69, 9.17) is 16.7 Å². The van der Waals surface area contributed by atoms with Gasteiger partial charge in [-0.15, -0.1) is 0 Å². The molecule has 6 heteroatoms. The highest BCUT2D eigenvalue weighted by Crippen LogP contribution is 2.34. The Hall–Kier alpha value is -1.43. The fourth-order valence-corrected chi connectivity index (χ4v) is 3.35. The molecule has 3 N–H and O–H groups in total. The lowest BCUT2D eigenvalue weighted by Gasteiger charge is -2.28. The molecule has 0 radical (unpaired) electrons. The summed E-state index contributed by atoms with van der Waals surface area (Å²) >= 11 is 5.87. The predicted octanol–water partition coefficient (Wildman–Crippen LogP) is 4.23. The number of allylic oxidation sites excluding steroid dienone is 4. The van der Waals surface area contributed by atoms with E-state index in [1.54, 1.807) is 19.1 Å². The van der Waals surface area contributed by atoms with Gasteiger partial charge in [-0.2, -0.15) is 0 Å². The first-order valence-electron chi connectivity index (χ1n) is 9.81. The van der Waals surface area contributed by atoms with E-state index in [0.29, 0.717) is 30.7 Å². The number of unbranched alkanes of at least 4 members (excludes halogenated alkanes) is 1. The van der Waals surface area contributed by atoms with Crippen molar-refractivity contribution in [3.63, 3.8) is 0 Å². The molecular formula is C22H33ClO5. The van der Waals surface area contributed by atoms with E-state index in [9.17, 15) is 19.8 Å². The molecule has 1 rings (SSSR count). The SMILES string of the molecule is C/C(Cl)=C/CC(C)(C)[C@@H](O)/C=C/[C@H]1[C@H](O)CC(=O)[C@@H]1C/C=C\CCCC(=O)O. The van der Waals surface area contributed by atoms with Gasteiger partial charge >= 0.3 is 5.97 Å². The highest BCUT2D eigenvalue weighted by atomic mass is 35.5. The molecule has 1 fully saturated rings. The summed E-state index contributed by atoms with van der Waals surface area (Å²) in [5.41, 5.74) is -0.417. The van der Waals surface area contributed by atoms with Crippen molar-refractivity contribution in [2.45, 2.75) is 71.5 Å². The van der Waals surface area contributed by atoms with Gasteiger partial charge in [-0.3, -0.25) is 9.59 Å². The van der Waals surface area contributed by atoms with Gasteiger partial charge in [0.25, 0.3) is 0 Å². The zero-order chi connectivity index (χ0) is 21.3. The Labute approximate surface area is 172 Å². The number of carboxylic acid groups (broad SMARTS) is 1. The highest BCUT2D eigenvalue weighted by Gasteiger charge is 2.39. The van der Waals surface area contributed by atoms with Crippen molar-refractivity contribution in [1.82, 2.24) is 0 Å². The molecule has 0 amide bonds. The molecule has 0 aliphatic heterocycles. The lowest BCUT2D eigenvalue weighted by Crippen LogP contribution is -2.28. The molecule has 0 aromatic heterocycles. The van der Waals surface area contributed by atoms with Crippen LogP contribution in [0.15, 0.2) is 35.4 Å². The quantitative estimate of drug-likeness (QED) is 0.348. The molecule has 0 aromatic carbocycles. The maximum absolute atomic E-state index is 12.2. The van der Waals surface area contributed by atoms with Gasteiger partial charge in [-0.1, -0.05) is 55.8 Å². The van der Waals surface area contributed by atoms with E-state index in [1.165, 1.54) is 0 Å². The second-order valence-corrected chi connectivity index (χ2v) is 8.82. The second kappa shape index (κ2) is 11.5. The van der Waals surface area contributed by atoms with Crippen molar-refractivity contribution in [3.05, 3.63) is 35.4 Å². The molecule has 0 saturated heterocycles. The summed E-state index contributed by atoms with van der Waals surface area (Å²) in [6, 6.07) is 0. The number of carbonyl (C=O) groups is 2. The monoisotopic (exact) mass is 412 g/mol. The zero-order valence-corrected chi connectivity index (χ0v) is 17.7. The zero-order valence-electron chi connectivity index (χ0n) is 17.0. The number of aliphatic hydroxyl groups is 2. The molecule has 0 bridgehead atoms. The number of rotatable bonds is 11. The van der Waals surface area contributed by atoms with Crippen LogP contribution in [0.3, 0.4) is 0 Å². The van der Waals surface area contributed by atoms with Crippen molar-refractivity contribution in [2.75, 3.05) is 0 Å². The fourth-order valence-electron chi connectivity index (χ4n) is 3.28. The summed E-state index contributed by atoms with van der Waals surface area (Å²) in [6.07, 6.45) is 10.2. The van der Waals surface area contributed by atoms with Crippen LogP contribution in [0.25, 0.3) is 0 Å². The Morgan fingerprint density at radius 2 is 2.04 bits per heavy atom. The largest absolute Gasteiger partial charge is 0.481 e. The van der Waals surface area contributed by atoms with Gasteiger partial charge in [-0.25, -0.2) is 0 Å². The number of aliphatic carboxylic acids is 1. The number of carbonyl (C=O) groups excluding carboxylic acids is 1. The van der Waals surface area contributed by atoms with Crippen LogP contribution in [0.1, 0.15) is 59.3 Å². The van der Waals surface area contributed by atoms with Crippen LogP contribution in [0.5, 0.6) is 0 Å². The average Bonchev–Trinajstić information content (AvgIpc) is 2.86. The molecule has 0 spiro atoms. The molecule has 5 nitrogen and oxygen atoms in total. The normalized spacial score (nSPS) is 25.1. The minimum atomic E-state index is -0.814. The summed E-state index contributed by atoms with van der Waals surface area (Å²) < 4.78 is 0. The van der Waals surface area contributed by atoms with Crippen molar-refractivity contribution < 1.29 is 24.9 Å². The second-order valence-electron chi connectivity index (χ2n) is 8.23. The van der Waals surface area contributed by atoms with Gasteiger partial charge in [0.2, 0.25) is 0 Å². The smallest absolute Gasteiger partial charge is 0.303 e. The Morgan fingerprint density at radius 1 is 1.36 bits per heavy atom. The summed E-state index contributed by atoms with van der Waals surface area (Å²) in [5, 5.41) is 30.1. The Balaban J connectivity index is 2.68. The molecule has 0 heterocycles. The number of carboxylic acids is 1. The van der Waals surface area contributed by atoms with E-state index in [1.807, 2.05) is 32.1 Å². The number of Topliss-reactive ketones (excluding diaryl/α,β-unsaturated/α-hetero) is 1. The van der Waals surface area contributed by atoms with Crippen LogP contribution in [-0.4, -0.2) is 39.3 Å². The number of halogens is 1. The van der Waals surface area contributed by atoms with E-state index < -0.39 is 23.6 Å². The van der Waals surface area contributed by atoms with Crippen molar-refractivity contribution in [2.24, 2.45) is 17.3 Å². The number of hydrogen-bond donors (Lipinski definition) is 3. The molecule has 0 unspecified atom stereocenters. The molecule has 4 atom stereocenters. The Kier molecular flexibility index (Phi) is 10.1. The van der Waals surface area contributed by atoms with Gasteiger partial charge in [0.05, 0.1) is 12.2 Å². The van der Waals surface area contributed by atoms with Crippen LogP contribution in [0.4, 0.5) is 0 Å². The number of aliphatic hydroxyl groups excluding tert-OH is 2. The Bertz CT molecular complexity index is 616. The van der Waals surface area contributed by atoms with Gasteiger partial charge in [0, 0.05) is 29.7 Å².